The zero-order valence-electron chi connectivity index (χ0n) is 16.8. The van der Waals surface area contributed by atoms with E-state index in [1.807, 2.05) is 55.5 Å². The molecule has 0 bridgehead atoms. The van der Waals surface area contributed by atoms with E-state index in [4.69, 9.17) is 4.74 Å². The second-order valence-electron chi connectivity index (χ2n) is 7.05. The molecule has 2 aromatic rings. The third-order valence-electron chi connectivity index (χ3n) is 5.10. The van der Waals surface area contributed by atoms with Gasteiger partial charge in [0.2, 0.25) is 0 Å². The molecule has 3 rings (SSSR count). The van der Waals surface area contributed by atoms with Crippen LogP contribution in [-0.4, -0.2) is 5.78 Å². The average Bonchev–Trinajstić information content (AvgIpc) is 2.74. The Labute approximate surface area is 168 Å². The summed E-state index contributed by atoms with van der Waals surface area (Å²) in [4.78, 5) is 13.0. The van der Waals surface area contributed by atoms with Crippen molar-refractivity contribution in [2.75, 3.05) is 0 Å². The molecule has 2 nitrogen and oxygen atoms in total. The number of allylic oxidation sites excluding steroid dienone is 5. The van der Waals surface area contributed by atoms with Crippen LogP contribution in [0, 0.1) is 0 Å². The van der Waals surface area contributed by atoms with Gasteiger partial charge in [-0.05, 0) is 50.3 Å². The van der Waals surface area contributed by atoms with Gasteiger partial charge in [0, 0.05) is 16.7 Å². The van der Waals surface area contributed by atoms with E-state index in [9.17, 15) is 4.79 Å². The lowest BCUT2D eigenvalue weighted by molar-refractivity contribution is -0.112. The first-order valence-electron chi connectivity index (χ1n) is 10.1. The van der Waals surface area contributed by atoms with Crippen molar-refractivity contribution in [3.63, 3.8) is 0 Å². The van der Waals surface area contributed by atoms with Crippen LogP contribution in [0.15, 0.2) is 83.5 Å². The Kier molecular flexibility index (Phi) is 7.02. The van der Waals surface area contributed by atoms with Crippen LogP contribution in [0.3, 0.4) is 0 Å². The maximum absolute atomic E-state index is 13.0. The minimum atomic E-state index is 0.178. The minimum absolute atomic E-state index is 0.178. The molecule has 0 radical (unpaired) electrons. The van der Waals surface area contributed by atoms with Crippen LogP contribution >= 0.6 is 0 Å². The number of carbonyl (C=O) groups is 1. The molecule has 0 saturated heterocycles. The lowest BCUT2D eigenvalue weighted by Crippen LogP contribution is -2.12. The lowest BCUT2D eigenvalue weighted by atomic mass is 9.86. The van der Waals surface area contributed by atoms with Gasteiger partial charge < -0.3 is 4.74 Å². The predicted octanol–water partition coefficient (Wildman–Crippen LogP) is 6.68. The molecule has 1 aliphatic carbocycles. The van der Waals surface area contributed by atoms with E-state index in [0.717, 1.165) is 53.7 Å². The Morgan fingerprint density at radius 1 is 1.00 bits per heavy atom. The standard InChI is InChI=1S/C26H28O2/c1-3-20(4-2)17-23-14-10-15-24(26(23)27)18-22-13-8-9-16-25(22)28-19-21-11-6-5-7-12-21/h3,5-9,11-13,16-18H,4,10,14-15,19H2,1-2H3. The zero-order chi connectivity index (χ0) is 19.8. The topological polar surface area (TPSA) is 26.3 Å². The summed E-state index contributed by atoms with van der Waals surface area (Å²) < 4.78 is 6.05. The highest BCUT2D eigenvalue weighted by Crippen LogP contribution is 2.30. The van der Waals surface area contributed by atoms with E-state index in [0.29, 0.717) is 6.61 Å². The highest BCUT2D eigenvalue weighted by molar-refractivity contribution is 6.12. The van der Waals surface area contributed by atoms with Crippen LogP contribution in [0.5, 0.6) is 5.75 Å². The average molecular weight is 373 g/mol. The molecule has 144 valence electrons. The van der Waals surface area contributed by atoms with Gasteiger partial charge in [0.05, 0.1) is 0 Å². The van der Waals surface area contributed by atoms with E-state index in [1.54, 1.807) is 0 Å². The van der Waals surface area contributed by atoms with Crippen molar-refractivity contribution in [1.82, 2.24) is 0 Å². The van der Waals surface area contributed by atoms with Crippen LogP contribution in [0.1, 0.15) is 50.7 Å². The smallest absolute Gasteiger partial charge is 0.185 e. The van der Waals surface area contributed by atoms with E-state index in [1.165, 1.54) is 5.57 Å². The number of ketones is 1. The number of rotatable bonds is 6. The first kappa shape index (κ1) is 19.9. The van der Waals surface area contributed by atoms with Gasteiger partial charge in [-0.1, -0.05) is 73.2 Å². The number of hydrogen-bond donors (Lipinski definition) is 0. The summed E-state index contributed by atoms with van der Waals surface area (Å²) in [6.45, 7) is 4.66. The van der Waals surface area contributed by atoms with Gasteiger partial charge >= 0.3 is 0 Å². The molecule has 0 spiro atoms. The molecule has 0 atom stereocenters. The molecule has 0 aromatic heterocycles. The van der Waals surface area contributed by atoms with Crippen molar-refractivity contribution in [2.45, 2.75) is 46.1 Å². The van der Waals surface area contributed by atoms with E-state index >= 15 is 0 Å². The van der Waals surface area contributed by atoms with Crippen molar-refractivity contribution in [3.05, 3.63) is 94.6 Å². The lowest BCUT2D eigenvalue weighted by Gasteiger charge is -2.18. The van der Waals surface area contributed by atoms with Crippen molar-refractivity contribution in [2.24, 2.45) is 0 Å². The van der Waals surface area contributed by atoms with E-state index < -0.39 is 0 Å². The number of benzene rings is 2. The predicted molar refractivity (Wildman–Crippen MR) is 116 cm³/mol. The molecule has 28 heavy (non-hydrogen) atoms. The van der Waals surface area contributed by atoms with Gasteiger partial charge in [0.15, 0.2) is 5.78 Å². The highest BCUT2D eigenvalue weighted by atomic mass is 16.5. The summed E-state index contributed by atoms with van der Waals surface area (Å²) in [5, 5.41) is 0. The van der Waals surface area contributed by atoms with Gasteiger partial charge in [-0.15, -0.1) is 0 Å². The van der Waals surface area contributed by atoms with Crippen molar-refractivity contribution >= 4 is 11.9 Å². The summed E-state index contributed by atoms with van der Waals surface area (Å²) in [6, 6.07) is 18.1. The van der Waals surface area contributed by atoms with Gasteiger partial charge in [-0.25, -0.2) is 0 Å². The van der Waals surface area contributed by atoms with Crippen molar-refractivity contribution < 1.29 is 9.53 Å². The molecule has 1 fully saturated rings. The molecular formula is C26H28O2. The Balaban J connectivity index is 1.81. The fourth-order valence-corrected chi connectivity index (χ4v) is 3.45. The second-order valence-corrected chi connectivity index (χ2v) is 7.05. The first-order valence-corrected chi connectivity index (χ1v) is 10.1. The molecule has 1 saturated carbocycles. The molecule has 2 aromatic carbocycles. The van der Waals surface area contributed by atoms with Crippen molar-refractivity contribution in [3.8, 4) is 5.75 Å². The maximum Gasteiger partial charge on any atom is 0.185 e. The van der Waals surface area contributed by atoms with Gasteiger partial charge in [-0.2, -0.15) is 0 Å². The Morgan fingerprint density at radius 2 is 1.71 bits per heavy atom. The molecule has 0 amide bonds. The summed E-state index contributed by atoms with van der Waals surface area (Å²) in [5.74, 6) is 0.988. The molecule has 0 unspecified atom stereocenters. The number of hydrogen-bond acceptors (Lipinski definition) is 2. The highest BCUT2D eigenvalue weighted by Gasteiger charge is 2.21. The van der Waals surface area contributed by atoms with Gasteiger partial charge in [0.25, 0.3) is 0 Å². The third-order valence-corrected chi connectivity index (χ3v) is 5.10. The van der Waals surface area contributed by atoms with Crippen LogP contribution in [0.2, 0.25) is 0 Å². The minimum Gasteiger partial charge on any atom is -0.488 e. The maximum atomic E-state index is 13.0. The van der Waals surface area contributed by atoms with Crippen molar-refractivity contribution in [1.29, 1.82) is 0 Å². The monoisotopic (exact) mass is 372 g/mol. The van der Waals surface area contributed by atoms with Crippen LogP contribution in [0.4, 0.5) is 0 Å². The largest absolute Gasteiger partial charge is 0.488 e. The summed E-state index contributed by atoms with van der Waals surface area (Å²) in [5.41, 5.74) is 5.11. The molecular weight excluding hydrogens is 344 g/mol. The molecule has 0 heterocycles. The number of ether oxygens (including phenoxy) is 1. The SMILES string of the molecule is CC=C(C=C1CCCC(=Cc2ccccc2OCc2ccccc2)C1=O)CC. The molecule has 0 N–H and O–H groups in total. The quantitative estimate of drug-likeness (QED) is 0.528. The Bertz CT molecular complexity index is 901. The summed E-state index contributed by atoms with van der Waals surface area (Å²) >= 11 is 0. The Morgan fingerprint density at radius 3 is 2.46 bits per heavy atom. The second kappa shape index (κ2) is 9.89. The Hall–Kier alpha value is -2.87. The van der Waals surface area contributed by atoms with Gasteiger partial charge in [-0.3, -0.25) is 4.79 Å². The number of carbonyl (C=O) groups excluding carboxylic acids is 1. The van der Waals surface area contributed by atoms with Crippen LogP contribution in [0.25, 0.3) is 6.08 Å². The molecule has 0 aliphatic heterocycles. The third kappa shape index (κ3) is 5.10. The fraction of sp³-hybridized carbons (Fsp3) is 0.269. The normalized spacial score (nSPS) is 17.9. The van der Waals surface area contributed by atoms with E-state index in [2.05, 4.69) is 31.2 Å². The van der Waals surface area contributed by atoms with E-state index in [-0.39, 0.29) is 5.78 Å². The van der Waals surface area contributed by atoms with Crippen LogP contribution in [-0.2, 0) is 11.4 Å². The molecule has 1 aliphatic rings. The first-order chi connectivity index (χ1) is 13.7. The zero-order valence-corrected chi connectivity index (χ0v) is 16.8. The fourth-order valence-electron chi connectivity index (χ4n) is 3.45. The van der Waals surface area contributed by atoms with Crippen LogP contribution < -0.4 is 4.74 Å². The molecule has 2 heteroatoms. The summed E-state index contributed by atoms with van der Waals surface area (Å²) in [6.07, 6.45) is 9.81. The number of Topliss-reactive ketones (excluding diaryl/α,β-unsaturated/α-hetero) is 1. The number of para-hydroxylation sites is 1. The summed E-state index contributed by atoms with van der Waals surface area (Å²) in [7, 11) is 0. The van der Waals surface area contributed by atoms with Gasteiger partial charge in [0.1, 0.15) is 12.4 Å².